The zero-order valence-electron chi connectivity index (χ0n) is 9.18. The van der Waals surface area contributed by atoms with E-state index in [1.54, 1.807) is 24.3 Å². The maximum absolute atomic E-state index is 11.9. The Morgan fingerprint density at radius 2 is 1.65 bits per heavy atom. The van der Waals surface area contributed by atoms with Crippen molar-refractivity contribution in [2.24, 2.45) is 0 Å². The molecule has 0 atom stereocenters. The van der Waals surface area contributed by atoms with Gasteiger partial charge in [-0.2, -0.15) is 0 Å². The molecule has 4 nitrogen and oxygen atoms in total. The van der Waals surface area contributed by atoms with Gasteiger partial charge in [-0.3, -0.25) is 14.5 Å². The van der Waals surface area contributed by atoms with Crippen LogP contribution in [0.4, 0.5) is 0 Å². The number of amides is 2. The van der Waals surface area contributed by atoms with Crippen LogP contribution in [0.2, 0.25) is 6.32 Å². The van der Waals surface area contributed by atoms with E-state index in [1.807, 2.05) is 0 Å². The predicted molar refractivity (Wildman–Crippen MR) is 62.0 cm³/mol. The topological polar surface area (TPSA) is 54.5 Å². The molecule has 0 bridgehead atoms. The fourth-order valence-corrected chi connectivity index (χ4v) is 1.78. The molecule has 0 aromatic heterocycles. The molecule has 0 N–H and O–H groups in total. The number of fused-ring (bicyclic) bond motifs is 1. The first kappa shape index (κ1) is 11.6. The van der Waals surface area contributed by atoms with Crippen molar-refractivity contribution in [3.8, 4) is 0 Å². The summed E-state index contributed by atoms with van der Waals surface area (Å²) in [5.74, 6) is -0.840. The van der Waals surface area contributed by atoms with Gasteiger partial charge >= 0.3 is 0 Å². The summed E-state index contributed by atoms with van der Waals surface area (Å²) >= 11 is 0. The van der Waals surface area contributed by atoms with Gasteiger partial charge < -0.3 is 4.79 Å². The fourth-order valence-electron chi connectivity index (χ4n) is 1.78. The third-order valence-corrected chi connectivity index (χ3v) is 2.72. The molecule has 0 saturated carbocycles. The lowest BCUT2D eigenvalue weighted by Gasteiger charge is -2.12. The predicted octanol–water partition coefficient (Wildman–Crippen LogP) is 0.829. The number of carbonyl (C=O) groups excluding carboxylic acids is 3. The van der Waals surface area contributed by atoms with Crippen LogP contribution in [0.25, 0.3) is 0 Å². The Morgan fingerprint density at radius 1 is 1.12 bits per heavy atom. The highest BCUT2D eigenvalue weighted by Gasteiger charge is 2.34. The molecule has 84 valence electrons. The van der Waals surface area contributed by atoms with E-state index in [0.717, 1.165) is 4.90 Å². The molecule has 2 rings (SSSR count). The largest absolute Gasteiger partial charge is 0.300 e. The van der Waals surface area contributed by atoms with Gasteiger partial charge in [0.25, 0.3) is 11.8 Å². The fraction of sp³-hybridized carbons (Fsp3) is 0.250. The van der Waals surface area contributed by atoms with Crippen molar-refractivity contribution in [3.63, 3.8) is 0 Å². The molecule has 0 aliphatic carbocycles. The van der Waals surface area contributed by atoms with Gasteiger partial charge in [0, 0.05) is 13.0 Å². The van der Waals surface area contributed by atoms with Gasteiger partial charge in [0.05, 0.1) is 19.0 Å². The molecule has 0 unspecified atom stereocenters. The van der Waals surface area contributed by atoms with Crippen LogP contribution in [-0.4, -0.2) is 36.9 Å². The minimum Gasteiger partial charge on any atom is -0.300 e. The van der Waals surface area contributed by atoms with E-state index in [0.29, 0.717) is 11.1 Å². The quantitative estimate of drug-likeness (QED) is 0.565. The van der Waals surface area contributed by atoms with E-state index >= 15 is 0 Å². The normalized spacial score (nSPS) is 14.0. The number of hydrogen-bond acceptors (Lipinski definition) is 3. The van der Waals surface area contributed by atoms with Crippen LogP contribution in [0.15, 0.2) is 24.3 Å². The summed E-state index contributed by atoms with van der Waals surface area (Å²) in [6.45, 7) is 0.0996. The lowest BCUT2D eigenvalue weighted by Crippen LogP contribution is -2.31. The first-order valence-electron chi connectivity index (χ1n) is 5.32. The summed E-state index contributed by atoms with van der Waals surface area (Å²) < 4.78 is 0. The van der Waals surface area contributed by atoms with E-state index in [4.69, 9.17) is 7.85 Å². The standard InChI is InChI=1S/C12H10BNO3/c13-7-8(15)5-6-14-11(16)9-3-1-2-4-10(9)12(14)17/h1-4H,5-7H2. The minimum atomic E-state index is -0.338. The number of ketones is 1. The summed E-state index contributed by atoms with van der Waals surface area (Å²) in [4.78, 5) is 35.9. The van der Waals surface area contributed by atoms with Gasteiger partial charge in [-0.1, -0.05) is 12.1 Å². The number of nitrogens with zero attached hydrogens (tertiary/aromatic N) is 1. The van der Waals surface area contributed by atoms with Gasteiger partial charge in [-0.05, 0) is 18.5 Å². The zero-order valence-corrected chi connectivity index (χ0v) is 9.18. The van der Waals surface area contributed by atoms with Gasteiger partial charge in [0.2, 0.25) is 0 Å². The van der Waals surface area contributed by atoms with Crippen molar-refractivity contribution in [2.45, 2.75) is 12.7 Å². The van der Waals surface area contributed by atoms with Crippen molar-refractivity contribution in [3.05, 3.63) is 35.4 Å². The SMILES string of the molecule is [B]CC(=O)CCN1C(=O)c2ccccc2C1=O. The number of hydrogen-bond donors (Lipinski definition) is 0. The summed E-state index contributed by atoms with van der Waals surface area (Å²) in [5, 5.41) is 0. The maximum Gasteiger partial charge on any atom is 0.261 e. The lowest BCUT2D eigenvalue weighted by molar-refractivity contribution is -0.117. The minimum absolute atomic E-state index is 0.0663. The van der Waals surface area contributed by atoms with Crippen molar-refractivity contribution in [2.75, 3.05) is 6.54 Å². The van der Waals surface area contributed by atoms with E-state index < -0.39 is 0 Å². The van der Waals surface area contributed by atoms with Crippen LogP contribution >= 0.6 is 0 Å². The summed E-state index contributed by atoms with van der Waals surface area (Å²) in [5.41, 5.74) is 0.801. The zero-order chi connectivity index (χ0) is 12.4. The maximum atomic E-state index is 11.9. The Bertz CT molecular complexity index is 463. The molecule has 5 heteroatoms. The Kier molecular flexibility index (Phi) is 3.09. The Morgan fingerprint density at radius 3 is 2.12 bits per heavy atom. The Labute approximate surface area is 100 Å². The summed E-state index contributed by atoms with van der Waals surface area (Å²) in [6, 6.07) is 6.64. The van der Waals surface area contributed by atoms with Crippen molar-refractivity contribution in [1.82, 2.24) is 4.90 Å². The average Bonchev–Trinajstić information content (AvgIpc) is 2.60. The number of imide groups is 1. The molecule has 1 aromatic rings. The second kappa shape index (κ2) is 4.53. The molecular formula is C12H10BNO3. The third-order valence-electron chi connectivity index (χ3n) is 2.72. The van der Waals surface area contributed by atoms with Crippen LogP contribution in [-0.2, 0) is 4.79 Å². The molecule has 0 fully saturated rings. The molecular weight excluding hydrogens is 217 g/mol. The van der Waals surface area contributed by atoms with Crippen molar-refractivity contribution < 1.29 is 14.4 Å². The summed E-state index contributed by atoms with van der Waals surface area (Å²) in [6.07, 6.45) is 0.0468. The molecule has 0 saturated heterocycles. The molecule has 1 aliphatic heterocycles. The molecule has 1 aliphatic rings. The summed E-state index contributed by atoms with van der Waals surface area (Å²) in [7, 11) is 5.17. The highest BCUT2D eigenvalue weighted by atomic mass is 16.2. The van der Waals surface area contributed by atoms with E-state index in [-0.39, 0.29) is 36.9 Å². The number of Topliss-reactive ketones (excluding diaryl/α,β-unsaturated/α-hetero) is 1. The van der Waals surface area contributed by atoms with E-state index in [2.05, 4.69) is 0 Å². The molecule has 1 heterocycles. The van der Waals surface area contributed by atoms with Crippen LogP contribution < -0.4 is 0 Å². The second-order valence-electron chi connectivity index (χ2n) is 3.80. The molecule has 2 radical (unpaired) electrons. The van der Waals surface area contributed by atoms with Gasteiger partial charge in [0.1, 0.15) is 5.78 Å². The lowest BCUT2D eigenvalue weighted by atomic mass is 9.99. The van der Waals surface area contributed by atoms with E-state index in [1.165, 1.54) is 0 Å². The number of rotatable bonds is 4. The van der Waals surface area contributed by atoms with Gasteiger partial charge in [-0.25, -0.2) is 0 Å². The van der Waals surface area contributed by atoms with Crippen molar-refractivity contribution >= 4 is 25.4 Å². The van der Waals surface area contributed by atoms with Gasteiger partial charge in [0.15, 0.2) is 0 Å². The number of carbonyl (C=O) groups is 3. The van der Waals surface area contributed by atoms with Crippen LogP contribution in [0.5, 0.6) is 0 Å². The molecule has 2 amide bonds. The second-order valence-corrected chi connectivity index (χ2v) is 3.80. The molecule has 0 spiro atoms. The Balaban J connectivity index is 2.16. The third kappa shape index (κ3) is 2.00. The van der Waals surface area contributed by atoms with Crippen LogP contribution in [0.3, 0.4) is 0 Å². The van der Waals surface area contributed by atoms with Crippen LogP contribution in [0, 0.1) is 0 Å². The average molecular weight is 227 g/mol. The van der Waals surface area contributed by atoms with Crippen LogP contribution in [0.1, 0.15) is 27.1 Å². The Hall–Kier alpha value is -1.91. The smallest absolute Gasteiger partial charge is 0.261 e. The number of benzene rings is 1. The van der Waals surface area contributed by atoms with Gasteiger partial charge in [-0.15, -0.1) is 0 Å². The highest BCUT2D eigenvalue weighted by molar-refractivity contribution is 6.22. The first-order chi connectivity index (χ1) is 8.15. The monoisotopic (exact) mass is 227 g/mol. The molecule has 17 heavy (non-hydrogen) atoms. The van der Waals surface area contributed by atoms with E-state index in [9.17, 15) is 14.4 Å². The highest BCUT2D eigenvalue weighted by Crippen LogP contribution is 2.22. The molecule has 1 aromatic carbocycles. The first-order valence-corrected chi connectivity index (χ1v) is 5.32. The van der Waals surface area contributed by atoms with Crippen molar-refractivity contribution in [1.29, 1.82) is 0 Å².